The maximum absolute atomic E-state index is 2.54. The Morgan fingerprint density at radius 2 is 1.17 bits per heavy atom. The summed E-state index contributed by atoms with van der Waals surface area (Å²) in [4.78, 5) is 0. The van der Waals surface area contributed by atoms with Crippen molar-refractivity contribution in [1.29, 1.82) is 0 Å². The standard InChI is InChI=1S/C39H26N2/c1-39(2)30-17-9-6-15-25(30)36-31(39)21-29-28-20-27-24-14-7-10-18-32(24)40(23-12-4-3-5-13-23)34(27)22-35(28)41-33-19-11-8-16-26(33)37(36)38(29)41/h3-22H,1-2H3. The fourth-order valence-electron chi connectivity index (χ4n) is 8.05. The third kappa shape index (κ3) is 2.46. The second-order valence-electron chi connectivity index (χ2n) is 12.2. The van der Waals surface area contributed by atoms with E-state index in [4.69, 9.17) is 0 Å². The number of rotatable bonds is 1. The monoisotopic (exact) mass is 522 g/mol. The van der Waals surface area contributed by atoms with Crippen LogP contribution in [0.4, 0.5) is 0 Å². The van der Waals surface area contributed by atoms with Gasteiger partial charge in [0.15, 0.2) is 0 Å². The first-order chi connectivity index (χ1) is 20.1. The van der Waals surface area contributed by atoms with Crippen LogP contribution in [0.2, 0.25) is 0 Å². The van der Waals surface area contributed by atoms with Crippen LogP contribution >= 0.6 is 0 Å². The van der Waals surface area contributed by atoms with Crippen LogP contribution in [0.1, 0.15) is 25.0 Å². The summed E-state index contributed by atoms with van der Waals surface area (Å²) in [6.07, 6.45) is 0. The van der Waals surface area contributed by atoms with Gasteiger partial charge in [0.2, 0.25) is 0 Å². The van der Waals surface area contributed by atoms with Gasteiger partial charge in [0, 0.05) is 43.4 Å². The molecule has 41 heavy (non-hydrogen) atoms. The van der Waals surface area contributed by atoms with Crippen molar-refractivity contribution in [1.82, 2.24) is 8.97 Å². The zero-order valence-corrected chi connectivity index (χ0v) is 22.9. The van der Waals surface area contributed by atoms with Gasteiger partial charge in [0.25, 0.3) is 0 Å². The van der Waals surface area contributed by atoms with Gasteiger partial charge >= 0.3 is 0 Å². The lowest BCUT2D eigenvalue weighted by Gasteiger charge is -2.21. The summed E-state index contributed by atoms with van der Waals surface area (Å²) >= 11 is 0. The van der Waals surface area contributed by atoms with Crippen LogP contribution in [0.3, 0.4) is 0 Å². The molecule has 2 heteroatoms. The molecule has 0 unspecified atom stereocenters. The SMILES string of the molecule is CC1(C)c2ccccc2-c2c1cc1c3cc4c5ccccc5n(-c5ccccc5)c4cc3n3c4ccccc4c2c13. The Bertz CT molecular complexity index is 2540. The first-order valence-corrected chi connectivity index (χ1v) is 14.5. The van der Waals surface area contributed by atoms with Crippen molar-refractivity contribution in [3.05, 3.63) is 132 Å². The molecule has 0 saturated heterocycles. The van der Waals surface area contributed by atoms with Gasteiger partial charge in [-0.25, -0.2) is 0 Å². The molecule has 0 amide bonds. The van der Waals surface area contributed by atoms with Crippen LogP contribution < -0.4 is 0 Å². The Morgan fingerprint density at radius 1 is 0.488 bits per heavy atom. The molecule has 0 fully saturated rings. The number of aromatic nitrogens is 2. The lowest BCUT2D eigenvalue weighted by molar-refractivity contribution is 0.661. The molecule has 0 saturated carbocycles. The van der Waals surface area contributed by atoms with Crippen molar-refractivity contribution in [2.75, 3.05) is 0 Å². The van der Waals surface area contributed by atoms with Gasteiger partial charge in [-0.2, -0.15) is 0 Å². The molecule has 0 spiro atoms. The predicted molar refractivity (Wildman–Crippen MR) is 173 cm³/mol. The molecule has 0 radical (unpaired) electrons. The molecule has 9 aromatic rings. The fraction of sp³-hybridized carbons (Fsp3) is 0.0769. The highest BCUT2D eigenvalue weighted by Crippen LogP contribution is 2.55. The van der Waals surface area contributed by atoms with Gasteiger partial charge in [-0.05, 0) is 64.7 Å². The molecule has 10 rings (SSSR count). The Morgan fingerprint density at radius 3 is 2.02 bits per heavy atom. The maximum atomic E-state index is 2.54. The van der Waals surface area contributed by atoms with Gasteiger partial charge in [0.05, 0.1) is 27.6 Å². The van der Waals surface area contributed by atoms with E-state index in [2.05, 4.69) is 144 Å². The molecule has 1 aliphatic rings. The summed E-state index contributed by atoms with van der Waals surface area (Å²) < 4.78 is 4.96. The van der Waals surface area contributed by atoms with Crippen molar-refractivity contribution < 1.29 is 0 Å². The van der Waals surface area contributed by atoms with Crippen LogP contribution in [0.15, 0.2) is 121 Å². The number of hydrogen-bond donors (Lipinski definition) is 0. The minimum Gasteiger partial charge on any atom is -0.309 e. The van der Waals surface area contributed by atoms with E-state index < -0.39 is 0 Å². The number of hydrogen-bond acceptors (Lipinski definition) is 0. The van der Waals surface area contributed by atoms with Gasteiger partial charge < -0.3 is 8.97 Å². The van der Waals surface area contributed by atoms with Crippen molar-refractivity contribution in [3.63, 3.8) is 0 Å². The molecule has 192 valence electrons. The second kappa shape index (κ2) is 7.16. The smallest absolute Gasteiger partial charge is 0.0626 e. The fourth-order valence-corrected chi connectivity index (χ4v) is 8.05. The van der Waals surface area contributed by atoms with Crippen LogP contribution in [-0.2, 0) is 5.41 Å². The minimum absolute atomic E-state index is 0.0595. The summed E-state index contributed by atoms with van der Waals surface area (Å²) in [6, 6.07) is 45.0. The lowest BCUT2D eigenvalue weighted by atomic mass is 9.81. The molecule has 2 nitrogen and oxygen atoms in total. The van der Waals surface area contributed by atoms with Crippen LogP contribution in [-0.4, -0.2) is 8.97 Å². The highest BCUT2D eigenvalue weighted by atomic mass is 15.0. The Kier molecular flexibility index (Phi) is 3.79. The number of nitrogens with zero attached hydrogens (tertiary/aromatic N) is 2. The van der Waals surface area contributed by atoms with Crippen LogP contribution in [0, 0.1) is 0 Å². The topological polar surface area (TPSA) is 9.34 Å². The second-order valence-corrected chi connectivity index (χ2v) is 12.2. The van der Waals surface area contributed by atoms with E-state index in [9.17, 15) is 0 Å². The van der Waals surface area contributed by atoms with Gasteiger partial charge in [-0.1, -0.05) is 92.7 Å². The quantitative estimate of drug-likeness (QED) is 0.203. The molecular formula is C39H26N2. The summed E-state index contributed by atoms with van der Waals surface area (Å²) in [7, 11) is 0. The Hall–Kier alpha value is -5.08. The van der Waals surface area contributed by atoms with E-state index in [0.717, 1.165) is 0 Å². The average Bonchev–Trinajstić information content (AvgIpc) is 3.69. The summed E-state index contributed by atoms with van der Waals surface area (Å²) in [5.41, 5.74) is 13.2. The molecule has 1 aliphatic carbocycles. The molecule has 0 bridgehead atoms. The first-order valence-electron chi connectivity index (χ1n) is 14.5. The molecular weight excluding hydrogens is 496 g/mol. The van der Waals surface area contributed by atoms with Gasteiger partial charge in [0.1, 0.15) is 0 Å². The number of para-hydroxylation sites is 3. The average molecular weight is 523 g/mol. The van der Waals surface area contributed by atoms with Crippen molar-refractivity contribution >= 4 is 59.9 Å². The molecule has 3 heterocycles. The van der Waals surface area contributed by atoms with E-state index >= 15 is 0 Å². The highest BCUT2D eigenvalue weighted by molar-refractivity contribution is 6.30. The van der Waals surface area contributed by atoms with E-state index in [0.29, 0.717) is 0 Å². The van der Waals surface area contributed by atoms with E-state index in [1.54, 1.807) is 0 Å². The van der Waals surface area contributed by atoms with E-state index in [1.165, 1.54) is 87.8 Å². The molecule has 0 N–H and O–H groups in total. The molecule has 6 aromatic carbocycles. The summed E-state index contributed by atoms with van der Waals surface area (Å²) in [5.74, 6) is 0. The summed E-state index contributed by atoms with van der Waals surface area (Å²) in [6.45, 7) is 4.78. The van der Waals surface area contributed by atoms with Gasteiger partial charge in [-0.3, -0.25) is 0 Å². The zero-order valence-electron chi connectivity index (χ0n) is 22.9. The largest absolute Gasteiger partial charge is 0.309 e. The van der Waals surface area contributed by atoms with Crippen molar-refractivity contribution in [2.45, 2.75) is 19.3 Å². The zero-order chi connectivity index (χ0) is 27.0. The third-order valence-electron chi connectivity index (χ3n) is 9.82. The van der Waals surface area contributed by atoms with E-state index in [-0.39, 0.29) is 5.41 Å². The minimum atomic E-state index is -0.0595. The first kappa shape index (κ1) is 21.7. The Labute approximate surface area is 237 Å². The Balaban J connectivity index is 1.47. The number of fused-ring (bicyclic) bond motifs is 13. The molecule has 0 aliphatic heterocycles. The van der Waals surface area contributed by atoms with Crippen molar-refractivity contribution in [3.8, 4) is 16.8 Å². The molecule has 3 aromatic heterocycles. The third-order valence-corrected chi connectivity index (χ3v) is 9.82. The highest BCUT2D eigenvalue weighted by Gasteiger charge is 2.38. The number of benzene rings is 6. The van der Waals surface area contributed by atoms with Gasteiger partial charge in [-0.15, -0.1) is 0 Å². The normalized spacial score (nSPS) is 14.3. The van der Waals surface area contributed by atoms with E-state index in [1.807, 2.05) is 0 Å². The lowest BCUT2D eigenvalue weighted by Crippen LogP contribution is -2.14. The van der Waals surface area contributed by atoms with Crippen LogP contribution in [0.5, 0.6) is 0 Å². The predicted octanol–water partition coefficient (Wildman–Crippen LogP) is 10.2. The maximum Gasteiger partial charge on any atom is 0.0626 e. The summed E-state index contributed by atoms with van der Waals surface area (Å²) in [5, 5.41) is 8.00. The van der Waals surface area contributed by atoms with Crippen LogP contribution in [0.25, 0.3) is 76.7 Å². The molecule has 0 atom stereocenters. The van der Waals surface area contributed by atoms with Crippen molar-refractivity contribution in [2.24, 2.45) is 0 Å².